The van der Waals surface area contributed by atoms with E-state index in [-0.39, 0.29) is 27.0 Å². The SMILES string of the molecule is CC1N=C(S(=O)(=O)C2(c3cc(N4CCOC[C@@H]4C)nc(Cl)n3)CC2)SC1C. The van der Waals surface area contributed by atoms with Crippen LogP contribution >= 0.6 is 23.4 Å². The number of thioether (sulfide) groups is 1. The first-order valence-corrected chi connectivity index (χ1v) is 11.9. The van der Waals surface area contributed by atoms with E-state index in [1.807, 2.05) is 20.8 Å². The van der Waals surface area contributed by atoms with E-state index in [4.69, 9.17) is 16.3 Å². The molecular formula is C17H23ClN4O3S2. The number of morpholine rings is 1. The lowest BCUT2D eigenvalue weighted by atomic mass is 10.2. The molecule has 148 valence electrons. The highest BCUT2D eigenvalue weighted by Crippen LogP contribution is 2.55. The van der Waals surface area contributed by atoms with Crippen molar-refractivity contribution in [2.45, 2.75) is 55.7 Å². The van der Waals surface area contributed by atoms with Crippen LogP contribution in [0.4, 0.5) is 5.82 Å². The zero-order valence-corrected chi connectivity index (χ0v) is 17.9. The van der Waals surface area contributed by atoms with E-state index in [1.165, 1.54) is 11.8 Å². The van der Waals surface area contributed by atoms with Crippen LogP contribution in [0.1, 0.15) is 39.3 Å². The Morgan fingerprint density at radius 2 is 2.04 bits per heavy atom. The number of rotatable bonds is 3. The predicted octanol–water partition coefficient (Wildman–Crippen LogP) is 2.64. The molecule has 1 aromatic rings. The Hall–Kier alpha value is -0.900. The normalized spacial score (nSPS) is 30.3. The van der Waals surface area contributed by atoms with Gasteiger partial charge in [0.05, 0.1) is 31.0 Å². The Morgan fingerprint density at radius 3 is 2.63 bits per heavy atom. The highest BCUT2D eigenvalue weighted by atomic mass is 35.5. The minimum atomic E-state index is -3.60. The second-order valence-corrected chi connectivity index (χ2v) is 11.6. The summed E-state index contributed by atoms with van der Waals surface area (Å²) in [4.78, 5) is 15.2. The van der Waals surface area contributed by atoms with E-state index in [2.05, 4.69) is 19.9 Å². The highest BCUT2D eigenvalue weighted by molar-refractivity contribution is 8.36. The molecule has 3 atom stereocenters. The summed E-state index contributed by atoms with van der Waals surface area (Å²) in [6, 6.07) is 1.92. The number of hydrogen-bond acceptors (Lipinski definition) is 8. The van der Waals surface area contributed by atoms with Crippen molar-refractivity contribution in [3.8, 4) is 0 Å². The maximum absolute atomic E-state index is 13.4. The molecule has 0 radical (unpaired) electrons. The zero-order valence-electron chi connectivity index (χ0n) is 15.6. The average molecular weight is 431 g/mol. The van der Waals surface area contributed by atoms with E-state index < -0.39 is 14.6 Å². The molecule has 0 spiro atoms. The van der Waals surface area contributed by atoms with Crippen LogP contribution in [0, 0.1) is 0 Å². The van der Waals surface area contributed by atoms with E-state index in [0.29, 0.717) is 44.1 Å². The molecule has 0 bridgehead atoms. The van der Waals surface area contributed by atoms with Gasteiger partial charge in [-0.1, -0.05) is 18.7 Å². The number of aromatic nitrogens is 2. The molecule has 4 rings (SSSR count). The number of nitrogens with zero attached hydrogens (tertiary/aromatic N) is 4. The minimum Gasteiger partial charge on any atom is -0.377 e. The first kappa shape index (κ1) is 19.4. The highest BCUT2D eigenvalue weighted by Gasteiger charge is 2.60. The third-order valence-corrected chi connectivity index (χ3v) is 9.94. The standard InChI is InChI=1S/C17H23ClN4O3S2/c1-10-9-25-7-6-22(10)14-8-13(20-15(18)21-14)17(4-5-17)27(23,24)16-19-11(2)12(3)26-16/h8,10-12H,4-7,9H2,1-3H3/t10-,11?,12?/m0/s1. The van der Waals surface area contributed by atoms with Gasteiger partial charge in [0.2, 0.25) is 15.1 Å². The van der Waals surface area contributed by atoms with Crippen molar-refractivity contribution in [2.24, 2.45) is 4.99 Å². The van der Waals surface area contributed by atoms with Gasteiger partial charge in [0.25, 0.3) is 0 Å². The molecule has 1 aliphatic carbocycles. The molecule has 27 heavy (non-hydrogen) atoms. The molecule has 2 aliphatic heterocycles. The fourth-order valence-corrected chi connectivity index (χ4v) is 7.57. The zero-order chi connectivity index (χ0) is 19.4. The van der Waals surface area contributed by atoms with Gasteiger partial charge in [-0.15, -0.1) is 0 Å². The summed E-state index contributed by atoms with van der Waals surface area (Å²) in [5.74, 6) is 0.657. The lowest BCUT2D eigenvalue weighted by Gasteiger charge is -2.34. The molecule has 2 unspecified atom stereocenters. The van der Waals surface area contributed by atoms with Crippen molar-refractivity contribution in [2.75, 3.05) is 24.7 Å². The van der Waals surface area contributed by atoms with Crippen LogP contribution < -0.4 is 4.90 Å². The number of sulfone groups is 1. The van der Waals surface area contributed by atoms with Gasteiger partial charge >= 0.3 is 0 Å². The summed E-state index contributed by atoms with van der Waals surface area (Å²) in [6.07, 6.45) is 1.06. The summed E-state index contributed by atoms with van der Waals surface area (Å²) in [7, 11) is -3.60. The second kappa shape index (κ2) is 6.86. The molecule has 3 aliphatic rings. The Balaban J connectivity index is 1.72. The maximum Gasteiger partial charge on any atom is 0.224 e. The molecule has 3 heterocycles. The lowest BCUT2D eigenvalue weighted by Crippen LogP contribution is -2.44. The number of anilines is 1. The van der Waals surface area contributed by atoms with E-state index in [9.17, 15) is 8.42 Å². The van der Waals surface area contributed by atoms with E-state index >= 15 is 0 Å². The van der Waals surface area contributed by atoms with Crippen molar-refractivity contribution >= 4 is 43.4 Å². The van der Waals surface area contributed by atoms with Gasteiger partial charge in [-0.05, 0) is 38.3 Å². The number of aliphatic imine (C=N–C) groups is 1. The van der Waals surface area contributed by atoms with Gasteiger partial charge < -0.3 is 9.64 Å². The van der Waals surface area contributed by atoms with Crippen LogP contribution in [0.5, 0.6) is 0 Å². The van der Waals surface area contributed by atoms with Crippen LogP contribution in [0.2, 0.25) is 5.28 Å². The molecule has 0 aromatic carbocycles. The van der Waals surface area contributed by atoms with Gasteiger partial charge in [0.1, 0.15) is 10.6 Å². The van der Waals surface area contributed by atoms with Crippen LogP contribution in [0.15, 0.2) is 11.1 Å². The first-order valence-electron chi connectivity index (χ1n) is 9.13. The molecule has 1 aromatic heterocycles. The Bertz CT molecular complexity index is 888. The average Bonchev–Trinajstić information content (AvgIpc) is 3.37. The Morgan fingerprint density at radius 1 is 1.30 bits per heavy atom. The van der Waals surface area contributed by atoms with Crippen molar-refractivity contribution in [1.29, 1.82) is 0 Å². The molecule has 10 heteroatoms. The second-order valence-electron chi connectivity index (χ2n) is 7.45. The first-order chi connectivity index (χ1) is 12.7. The van der Waals surface area contributed by atoms with Crippen LogP contribution in [-0.2, 0) is 19.3 Å². The van der Waals surface area contributed by atoms with Crippen LogP contribution in [-0.4, -0.2) is 59.9 Å². The number of ether oxygens (including phenoxy) is 1. The lowest BCUT2D eigenvalue weighted by molar-refractivity contribution is 0.0985. The Kier molecular flexibility index (Phi) is 4.93. The van der Waals surface area contributed by atoms with Crippen molar-refractivity contribution in [1.82, 2.24) is 9.97 Å². The molecule has 1 saturated carbocycles. The fourth-order valence-electron chi connectivity index (χ4n) is 3.49. The van der Waals surface area contributed by atoms with Crippen molar-refractivity contribution in [3.05, 3.63) is 17.0 Å². The van der Waals surface area contributed by atoms with Gasteiger partial charge in [-0.25, -0.2) is 18.4 Å². The molecule has 2 fully saturated rings. The molecule has 7 nitrogen and oxygen atoms in total. The van der Waals surface area contributed by atoms with Gasteiger partial charge in [0.15, 0.2) is 4.38 Å². The molecule has 1 saturated heterocycles. The van der Waals surface area contributed by atoms with Crippen molar-refractivity contribution < 1.29 is 13.2 Å². The number of halogens is 1. The minimum absolute atomic E-state index is 0.00526. The topological polar surface area (TPSA) is 84.8 Å². The number of hydrogen-bond donors (Lipinski definition) is 0. The third-order valence-electron chi connectivity index (χ3n) is 5.54. The Labute approximate surface area is 168 Å². The van der Waals surface area contributed by atoms with Crippen LogP contribution in [0.3, 0.4) is 0 Å². The van der Waals surface area contributed by atoms with E-state index in [0.717, 1.165) is 0 Å². The summed E-state index contributed by atoms with van der Waals surface area (Å²) >= 11 is 7.53. The van der Waals surface area contributed by atoms with Crippen LogP contribution in [0.25, 0.3) is 0 Å². The third kappa shape index (κ3) is 3.26. The molecular weight excluding hydrogens is 408 g/mol. The monoisotopic (exact) mass is 430 g/mol. The molecule has 0 N–H and O–H groups in total. The largest absolute Gasteiger partial charge is 0.377 e. The molecule has 0 amide bonds. The quantitative estimate of drug-likeness (QED) is 0.681. The smallest absolute Gasteiger partial charge is 0.224 e. The van der Waals surface area contributed by atoms with Gasteiger partial charge in [-0.2, -0.15) is 0 Å². The fraction of sp³-hybridized carbons (Fsp3) is 0.706. The summed E-state index contributed by atoms with van der Waals surface area (Å²) in [5.41, 5.74) is 0.478. The van der Waals surface area contributed by atoms with Crippen molar-refractivity contribution in [3.63, 3.8) is 0 Å². The van der Waals surface area contributed by atoms with Gasteiger partial charge in [-0.3, -0.25) is 4.99 Å². The predicted molar refractivity (Wildman–Crippen MR) is 108 cm³/mol. The summed E-state index contributed by atoms with van der Waals surface area (Å²) < 4.78 is 31.5. The summed E-state index contributed by atoms with van der Waals surface area (Å²) in [5, 5.41) is 0.231. The summed E-state index contributed by atoms with van der Waals surface area (Å²) in [6.45, 7) is 7.88. The van der Waals surface area contributed by atoms with E-state index in [1.54, 1.807) is 6.07 Å². The maximum atomic E-state index is 13.4. The van der Waals surface area contributed by atoms with Gasteiger partial charge in [0, 0.05) is 17.9 Å².